The summed E-state index contributed by atoms with van der Waals surface area (Å²) in [6.07, 6.45) is -1.78. The number of hydrogen-bond donors (Lipinski definition) is 2. The number of hydrogen-bond acceptors (Lipinski definition) is 5. The smallest absolute Gasteiger partial charge is 0.368 e. The van der Waals surface area contributed by atoms with E-state index in [4.69, 9.17) is 5.73 Å². The van der Waals surface area contributed by atoms with Crippen LogP contribution in [0, 0.1) is 17.7 Å². The monoisotopic (exact) mass is 406 g/mol. The summed E-state index contributed by atoms with van der Waals surface area (Å²) in [5.41, 5.74) is 4.77. The van der Waals surface area contributed by atoms with Gasteiger partial charge in [-0.2, -0.15) is 13.2 Å². The van der Waals surface area contributed by atoms with Crippen molar-refractivity contribution in [1.29, 1.82) is 0 Å². The molecule has 3 aromatic rings. The van der Waals surface area contributed by atoms with Crippen molar-refractivity contribution in [2.45, 2.75) is 6.18 Å². The average Bonchev–Trinajstić information content (AvgIpc) is 3.11. The molecule has 1 amide bonds. The summed E-state index contributed by atoms with van der Waals surface area (Å²) in [5.74, 6) is 3.98. The number of rotatable bonds is 2. The SMILES string of the molecule is Nc1ncc(C#Cc2csc(C(=O)Nc3cc(C(F)(F)F)ccc3F)c2)cn1. The van der Waals surface area contributed by atoms with Gasteiger partial charge in [0, 0.05) is 23.3 Å². The molecule has 0 fully saturated rings. The van der Waals surface area contributed by atoms with Gasteiger partial charge in [-0.15, -0.1) is 11.3 Å². The fraction of sp³-hybridized carbons (Fsp3) is 0.0556. The third-order valence-corrected chi connectivity index (χ3v) is 4.32. The minimum Gasteiger partial charge on any atom is -0.368 e. The number of halogens is 4. The molecule has 142 valence electrons. The van der Waals surface area contributed by atoms with Crippen LogP contribution in [0.1, 0.15) is 26.4 Å². The third kappa shape index (κ3) is 4.63. The number of nitrogens with zero attached hydrogens (tertiary/aromatic N) is 2. The molecule has 5 nitrogen and oxygen atoms in total. The minimum absolute atomic E-state index is 0.113. The van der Waals surface area contributed by atoms with Gasteiger partial charge in [0.1, 0.15) is 5.82 Å². The Kier molecular flexibility index (Phi) is 5.28. The fourth-order valence-corrected chi connectivity index (χ4v) is 2.78. The molecule has 0 saturated heterocycles. The third-order valence-electron chi connectivity index (χ3n) is 3.39. The van der Waals surface area contributed by atoms with E-state index >= 15 is 0 Å². The second kappa shape index (κ2) is 7.66. The van der Waals surface area contributed by atoms with Crippen molar-refractivity contribution in [3.8, 4) is 11.8 Å². The molecule has 28 heavy (non-hydrogen) atoms. The van der Waals surface area contributed by atoms with Crippen molar-refractivity contribution >= 4 is 28.9 Å². The second-order valence-electron chi connectivity index (χ2n) is 5.43. The van der Waals surface area contributed by atoms with Gasteiger partial charge in [-0.3, -0.25) is 4.79 Å². The zero-order valence-electron chi connectivity index (χ0n) is 13.8. The Balaban J connectivity index is 1.76. The quantitative estimate of drug-likeness (QED) is 0.499. The summed E-state index contributed by atoms with van der Waals surface area (Å²) in [6.45, 7) is 0. The molecule has 0 radical (unpaired) electrons. The molecular formula is C18H10F4N4OS. The highest BCUT2D eigenvalue weighted by Crippen LogP contribution is 2.32. The van der Waals surface area contributed by atoms with Crippen LogP contribution < -0.4 is 11.1 Å². The van der Waals surface area contributed by atoms with E-state index in [2.05, 4.69) is 27.1 Å². The molecule has 0 saturated carbocycles. The summed E-state index contributed by atoms with van der Waals surface area (Å²) < 4.78 is 52.0. The van der Waals surface area contributed by atoms with Crippen LogP contribution in [0.25, 0.3) is 0 Å². The van der Waals surface area contributed by atoms with Crippen LogP contribution in [0.2, 0.25) is 0 Å². The first-order valence-electron chi connectivity index (χ1n) is 7.58. The van der Waals surface area contributed by atoms with Gasteiger partial charge in [0.05, 0.1) is 21.7 Å². The number of carbonyl (C=O) groups excluding carboxylic acids is 1. The summed E-state index contributed by atoms with van der Waals surface area (Å²) in [4.78, 5) is 20.0. The van der Waals surface area contributed by atoms with Crippen LogP contribution in [-0.2, 0) is 6.18 Å². The number of carbonyl (C=O) groups is 1. The zero-order valence-corrected chi connectivity index (χ0v) is 14.7. The van der Waals surface area contributed by atoms with Crippen molar-refractivity contribution in [3.63, 3.8) is 0 Å². The summed E-state index contributed by atoms with van der Waals surface area (Å²) in [5, 5.41) is 3.73. The van der Waals surface area contributed by atoms with E-state index in [0.29, 0.717) is 29.3 Å². The Bertz CT molecular complexity index is 1080. The van der Waals surface area contributed by atoms with Gasteiger partial charge in [-0.25, -0.2) is 14.4 Å². The first-order valence-corrected chi connectivity index (χ1v) is 8.46. The maximum absolute atomic E-state index is 13.8. The number of nitrogens with two attached hydrogens (primary N) is 1. The number of alkyl halides is 3. The Morgan fingerprint density at radius 1 is 1.11 bits per heavy atom. The number of nitrogens with one attached hydrogen (secondary N) is 1. The number of benzene rings is 1. The Morgan fingerprint density at radius 2 is 1.79 bits per heavy atom. The predicted molar refractivity (Wildman–Crippen MR) is 96.1 cm³/mol. The lowest BCUT2D eigenvalue weighted by atomic mass is 10.2. The van der Waals surface area contributed by atoms with Gasteiger partial charge < -0.3 is 11.1 Å². The number of aromatic nitrogens is 2. The molecule has 2 aromatic heterocycles. The van der Waals surface area contributed by atoms with Crippen LogP contribution in [0.5, 0.6) is 0 Å². The highest BCUT2D eigenvalue weighted by Gasteiger charge is 2.31. The number of thiophene rings is 1. The Labute approximate surface area is 160 Å². The maximum atomic E-state index is 13.8. The lowest BCUT2D eigenvalue weighted by Gasteiger charge is -2.10. The van der Waals surface area contributed by atoms with E-state index in [9.17, 15) is 22.4 Å². The fourth-order valence-electron chi connectivity index (χ4n) is 2.05. The first kappa shape index (κ1) is 19.3. The Morgan fingerprint density at radius 3 is 2.46 bits per heavy atom. The Hall–Kier alpha value is -3.45. The van der Waals surface area contributed by atoms with E-state index < -0.39 is 29.2 Å². The number of nitrogen functional groups attached to an aromatic ring is 1. The van der Waals surface area contributed by atoms with E-state index in [0.717, 1.165) is 11.3 Å². The van der Waals surface area contributed by atoms with Crippen LogP contribution in [0.4, 0.5) is 29.2 Å². The molecule has 10 heteroatoms. The highest BCUT2D eigenvalue weighted by molar-refractivity contribution is 7.12. The largest absolute Gasteiger partial charge is 0.416 e. The average molecular weight is 406 g/mol. The molecule has 2 heterocycles. The van der Waals surface area contributed by atoms with Crippen LogP contribution in [0.3, 0.4) is 0 Å². The molecule has 0 spiro atoms. The number of amides is 1. The molecular weight excluding hydrogens is 396 g/mol. The summed E-state index contributed by atoms with van der Waals surface area (Å²) >= 11 is 1.02. The van der Waals surface area contributed by atoms with Crippen molar-refractivity contribution in [1.82, 2.24) is 9.97 Å². The molecule has 0 bridgehead atoms. The standard InChI is InChI=1S/C18H10F4N4OS/c19-13-4-3-12(18(20,21)22)6-14(13)26-16(27)15-5-10(9-28-15)1-2-11-7-24-17(23)25-8-11/h3-9H,(H,26,27)(H2,23,24,25). The van der Waals surface area contributed by atoms with Gasteiger partial charge in [-0.1, -0.05) is 11.8 Å². The second-order valence-corrected chi connectivity index (χ2v) is 6.34. The van der Waals surface area contributed by atoms with Gasteiger partial charge in [-0.05, 0) is 24.3 Å². The molecule has 0 aliphatic heterocycles. The van der Waals surface area contributed by atoms with Crippen molar-refractivity contribution < 1.29 is 22.4 Å². The van der Waals surface area contributed by atoms with Gasteiger partial charge in [0.25, 0.3) is 5.91 Å². The van der Waals surface area contributed by atoms with E-state index in [-0.39, 0.29) is 10.8 Å². The van der Waals surface area contributed by atoms with Gasteiger partial charge in [0.2, 0.25) is 5.95 Å². The van der Waals surface area contributed by atoms with Crippen LogP contribution in [0.15, 0.2) is 42.0 Å². The first-order chi connectivity index (χ1) is 13.2. The zero-order chi connectivity index (χ0) is 20.3. The molecule has 3 N–H and O–H groups in total. The highest BCUT2D eigenvalue weighted by atomic mass is 32.1. The lowest BCUT2D eigenvalue weighted by molar-refractivity contribution is -0.137. The van der Waals surface area contributed by atoms with Crippen molar-refractivity contribution in [2.75, 3.05) is 11.1 Å². The van der Waals surface area contributed by atoms with E-state index in [1.807, 2.05) is 0 Å². The van der Waals surface area contributed by atoms with Gasteiger partial charge >= 0.3 is 6.18 Å². The molecule has 1 aromatic carbocycles. The number of anilines is 2. The topological polar surface area (TPSA) is 80.9 Å². The molecule has 0 aliphatic carbocycles. The molecule has 0 unspecified atom stereocenters. The summed E-state index contributed by atoms with van der Waals surface area (Å²) in [6, 6.07) is 3.24. The van der Waals surface area contributed by atoms with Crippen molar-refractivity contribution in [3.05, 3.63) is 69.4 Å². The van der Waals surface area contributed by atoms with Crippen LogP contribution >= 0.6 is 11.3 Å². The molecule has 0 aliphatic rings. The lowest BCUT2D eigenvalue weighted by Crippen LogP contribution is -2.13. The van der Waals surface area contributed by atoms with Crippen LogP contribution in [-0.4, -0.2) is 15.9 Å². The van der Waals surface area contributed by atoms with Crippen molar-refractivity contribution in [2.24, 2.45) is 0 Å². The van der Waals surface area contributed by atoms with E-state index in [1.165, 1.54) is 18.5 Å². The summed E-state index contributed by atoms with van der Waals surface area (Å²) in [7, 11) is 0. The molecule has 0 atom stereocenters. The minimum atomic E-state index is -4.65. The maximum Gasteiger partial charge on any atom is 0.416 e. The molecule has 3 rings (SSSR count). The normalized spacial score (nSPS) is 10.9. The van der Waals surface area contributed by atoms with E-state index in [1.54, 1.807) is 5.38 Å². The van der Waals surface area contributed by atoms with Gasteiger partial charge in [0.15, 0.2) is 0 Å². The predicted octanol–water partition coefficient (Wildman–Crippen LogP) is 3.93.